The molecule has 2 amide bonds. The summed E-state index contributed by atoms with van der Waals surface area (Å²) in [6.07, 6.45) is 0.161. The zero-order valence-electron chi connectivity index (χ0n) is 11.6. The van der Waals surface area contributed by atoms with Gasteiger partial charge in [-0.25, -0.2) is 0 Å². The Morgan fingerprint density at radius 1 is 1.32 bits per heavy atom. The summed E-state index contributed by atoms with van der Waals surface area (Å²) < 4.78 is 0. The molecule has 0 aliphatic heterocycles. The second kappa shape index (κ2) is 8.60. The molecule has 4 atom stereocenters. The van der Waals surface area contributed by atoms with Gasteiger partial charge >= 0.3 is 0 Å². The molecule has 0 saturated carbocycles. The number of hydrogen-bond donors (Lipinski definition) is 4. The van der Waals surface area contributed by atoms with E-state index in [1.54, 1.807) is 0 Å². The summed E-state index contributed by atoms with van der Waals surface area (Å²) in [5.74, 6) is -1.15. The van der Waals surface area contributed by atoms with Crippen molar-refractivity contribution in [2.24, 2.45) is 11.7 Å². The Kier molecular flexibility index (Phi) is 7.94. The number of hydrogen-bond acceptors (Lipinski definition) is 5. The van der Waals surface area contributed by atoms with Crippen molar-refractivity contribution in [3.05, 3.63) is 0 Å². The topological polar surface area (TPSA) is 122 Å². The number of rotatable bonds is 8. The van der Waals surface area contributed by atoms with Crippen LogP contribution in [0.1, 0.15) is 27.2 Å². The number of amides is 2. The fourth-order valence-corrected chi connectivity index (χ4v) is 1.42. The summed E-state index contributed by atoms with van der Waals surface area (Å²) in [4.78, 5) is 33.7. The molecular weight excluding hydrogens is 250 g/mol. The van der Waals surface area contributed by atoms with Gasteiger partial charge in [0.15, 0.2) is 0 Å². The average Bonchev–Trinajstić information content (AvgIpc) is 2.39. The van der Waals surface area contributed by atoms with Gasteiger partial charge in [-0.15, -0.1) is 0 Å². The molecule has 0 heterocycles. The number of nitrogens with one attached hydrogen (secondary N) is 2. The van der Waals surface area contributed by atoms with Crippen molar-refractivity contribution in [1.29, 1.82) is 0 Å². The Morgan fingerprint density at radius 3 is 2.32 bits per heavy atom. The molecule has 0 aromatic heterocycles. The first-order chi connectivity index (χ1) is 8.84. The van der Waals surface area contributed by atoms with E-state index in [9.17, 15) is 19.5 Å². The molecule has 5 N–H and O–H groups in total. The van der Waals surface area contributed by atoms with Gasteiger partial charge < -0.3 is 26.3 Å². The molecule has 0 bridgehead atoms. The van der Waals surface area contributed by atoms with Crippen LogP contribution >= 0.6 is 0 Å². The molecular formula is C12H23N3O4. The first kappa shape index (κ1) is 17.5. The third-order valence-corrected chi connectivity index (χ3v) is 2.98. The van der Waals surface area contributed by atoms with Crippen LogP contribution in [0.25, 0.3) is 0 Å². The highest BCUT2D eigenvalue weighted by atomic mass is 16.3. The maximum absolute atomic E-state index is 11.8. The Hall–Kier alpha value is -1.47. The number of carbonyl (C=O) groups is 3. The number of aldehydes is 1. The van der Waals surface area contributed by atoms with Crippen LogP contribution in [-0.2, 0) is 14.4 Å². The van der Waals surface area contributed by atoms with E-state index in [4.69, 9.17) is 5.73 Å². The van der Waals surface area contributed by atoms with Crippen molar-refractivity contribution in [2.75, 3.05) is 6.54 Å². The molecule has 7 heteroatoms. The smallest absolute Gasteiger partial charge is 0.245 e. The van der Waals surface area contributed by atoms with Crippen molar-refractivity contribution < 1.29 is 19.5 Å². The standard InChI is InChI=1S/C12H23N3O4/c1-4-7(2)9(13)11(18)15-10(8(3)17)12(19)14-5-6-16/h6-10,17H,4-5,13H2,1-3H3,(H,14,19)(H,15,18)/t7-,8-,9-,10-/m0/s1. The minimum atomic E-state index is -1.12. The SMILES string of the molecule is CC[C@H](C)[C@H](N)C(=O)N[C@H](C(=O)NCC=O)[C@H](C)O. The highest BCUT2D eigenvalue weighted by molar-refractivity contribution is 5.90. The largest absolute Gasteiger partial charge is 0.391 e. The molecule has 0 fully saturated rings. The van der Waals surface area contributed by atoms with Crippen LogP contribution in [-0.4, -0.2) is 47.9 Å². The van der Waals surface area contributed by atoms with Crippen LogP contribution in [0.15, 0.2) is 0 Å². The normalized spacial score (nSPS) is 16.9. The van der Waals surface area contributed by atoms with Gasteiger partial charge in [-0.05, 0) is 12.8 Å². The molecule has 110 valence electrons. The number of nitrogens with two attached hydrogens (primary N) is 1. The zero-order valence-corrected chi connectivity index (χ0v) is 11.6. The average molecular weight is 273 g/mol. The summed E-state index contributed by atoms with van der Waals surface area (Å²) in [6, 6.07) is -1.87. The predicted molar refractivity (Wildman–Crippen MR) is 70.1 cm³/mol. The van der Waals surface area contributed by atoms with Gasteiger partial charge in [-0.2, -0.15) is 0 Å². The van der Waals surface area contributed by atoms with E-state index in [-0.39, 0.29) is 12.5 Å². The lowest BCUT2D eigenvalue weighted by Crippen LogP contribution is -2.57. The van der Waals surface area contributed by atoms with Gasteiger partial charge in [-0.1, -0.05) is 20.3 Å². The lowest BCUT2D eigenvalue weighted by molar-refractivity contribution is -0.132. The third kappa shape index (κ3) is 5.80. The molecule has 0 saturated heterocycles. The van der Waals surface area contributed by atoms with Crippen molar-refractivity contribution in [1.82, 2.24) is 10.6 Å². The molecule has 0 unspecified atom stereocenters. The lowest BCUT2D eigenvalue weighted by atomic mass is 9.99. The monoisotopic (exact) mass is 273 g/mol. The number of aliphatic hydroxyl groups is 1. The first-order valence-corrected chi connectivity index (χ1v) is 6.30. The Morgan fingerprint density at radius 2 is 1.89 bits per heavy atom. The van der Waals surface area contributed by atoms with E-state index in [2.05, 4.69) is 10.6 Å². The Labute approximate surface area is 112 Å². The van der Waals surface area contributed by atoms with E-state index in [1.807, 2.05) is 13.8 Å². The van der Waals surface area contributed by atoms with Gasteiger partial charge in [0, 0.05) is 0 Å². The van der Waals surface area contributed by atoms with E-state index < -0.39 is 30.0 Å². The summed E-state index contributed by atoms with van der Waals surface area (Å²) >= 11 is 0. The number of carbonyl (C=O) groups excluding carboxylic acids is 3. The van der Waals surface area contributed by atoms with Crippen molar-refractivity contribution in [2.45, 2.75) is 45.4 Å². The minimum Gasteiger partial charge on any atom is -0.391 e. The molecule has 0 aliphatic rings. The van der Waals surface area contributed by atoms with Crippen LogP contribution in [0, 0.1) is 5.92 Å². The van der Waals surface area contributed by atoms with Crippen LogP contribution in [0.4, 0.5) is 0 Å². The molecule has 0 radical (unpaired) electrons. The van der Waals surface area contributed by atoms with Gasteiger partial charge in [-0.3, -0.25) is 9.59 Å². The molecule has 7 nitrogen and oxygen atoms in total. The molecule has 0 rings (SSSR count). The van der Waals surface area contributed by atoms with Crippen molar-refractivity contribution in [3.8, 4) is 0 Å². The fourth-order valence-electron chi connectivity index (χ4n) is 1.42. The highest BCUT2D eigenvalue weighted by Crippen LogP contribution is 2.06. The fraction of sp³-hybridized carbons (Fsp3) is 0.750. The van der Waals surface area contributed by atoms with Crippen molar-refractivity contribution in [3.63, 3.8) is 0 Å². The van der Waals surface area contributed by atoms with Gasteiger partial charge in [0.2, 0.25) is 11.8 Å². The summed E-state index contributed by atoms with van der Waals surface area (Å²) in [6.45, 7) is 4.93. The van der Waals surface area contributed by atoms with Crippen LogP contribution < -0.4 is 16.4 Å². The summed E-state index contributed by atoms with van der Waals surface area (Å²) in [5, 5.41) is 14.2. The van der Waals surface area contributed by atoms with Crippen molar-refractivity contribution >= 4 is 18.1 Å². The van der Waals surface area contributed by atoms with E-state index in [1.165, 1.54) is 6.92 Å². The second-order valence-corrected chi connectivity index (χ2v) is 4.55. The predicted octanol–water partition coefficient (Wildman–Crippen LogP) is -1.46. The summed E-state index contributed by atoms with van der Waals surface area (Å²) in [7, 11) is 0. The molecule has 0 aliphatic carbocycles. The van der Waals surface area contributed by atoms with Gasteiger partial charge in [0.25, 0.3) is 0 Å². The Balaban J connectivity index is 4.62. The van der Waals surface area contributed by atoms with Crippen LogP contribution in [0.3, 0.4) is 0 Å². The quantitative estimate of drug-likeness (QED) is 0.403. The molecule has 0 aromatic carbocycles. The Bertz CT molecular complexity index is 320. The van der Waals surface area contributed by atoms with Gasteiger partial charge in [0.1, 0.15) is 12.3 Å². The highest BCUT2D eigenvalue weighted by Gasteiger charge is 2.28. The van der Waals surface area contributed by atoms with Crippen LogP contribution in [0.5, 0.6) is 0 Å². The lowest BCUT2D eigenvalue weighted by Gasteiger charge is -2.24. The van der Waals surface area contributed by atoms with E-state index in [0.717, 1.165) is 6.42 Å². The molecule has 19 heavy (non-hydrogen) atoms. The maximum atomic E-state index is 11.8. The molecule has 0 spiro atoms. The maximum Gasteiger partial charge on any atom is 0.245 e. The second-order valence-electron chi connectivity index (χ2n) is 4.55. The van der Waals surface area contributed by atoms with E-state index in [0.29, 0.717) is 6.29 Å². The third-order valence-electron chi connectivity index (χ3n) is 2.98. The summed E-state index contributed by atoms with van der Waals surface area (Å²) in [5.41, 5.74) is 5.74. The van der Waals surface area contributed by atoms with E-state index >= 15 is 0 Å². The molecule has 0 aromatic rings. The first-order valence-electron chi connectivity index (χ1n) is 6.30. The minimum absolute atomic E-state index is 0.0346. The number of aliphatic hydroxyl groups excluding tert-OH is 1. The van der Waals surface area contributed by atoms with Crippen LogP contribution in [0.2, 0.25) is 0 Å². The zero-order chi connectivity index (χ0) is 15.0. The van der Waals surface area contributed by atoms with Gasteiger partial charge in [0.05, 0.1) is 18.7 Å².